The van der Waals surface area contributed by atoms with Crippen LogP contribution in [0.4, 0.5) is 15.8 Å². The van der Waals surface area contributed by atoms with Crippen LogP contribution in [-0.4, -0.2) is 32.5 Å². The Labute approximate surface area is 177 Å². The van der Waals surface area contributed by atoms with Crippen LogP contribution in [0.1, 0.15) is 30.1 Å². The number of hydrogen-bond donors (Lipinski definition) is 3. The third-order valence-electron chi connectivity index (χ3n) is 3.73. The van der Waals surface area contributed by atoms with Gasteiger partial charge in [-0.3, -0.25) is 14.3 Å². The smallest absolute Gasteiger partial charge is 0.252 e. The van der Waals surface area contributed by atoms with Gasteiger partial charge in [0.15, 0.2) is 0 Å². The Balaban J connectivity index is 1.82. The van der Waals surface area contributed by atoms with Gasteiger partial charge in [0, 0.05) is 28.8 Å². The number of rotatable bonds is 9. The number of sulfonamides is 1. The summed E-state index contributed by atoms with van der Waals surface area (Å²) in [7, 11) is -3.37. The van der Waals surface area contributed by atoms with E-state index in [9.17, 15) is 22.4 Å². The van der Waals surface area contributed by atoms with Crippen molar-refractivity contribution < 1.29 is 22.4 Å². The van der Waals surface area contributed by atoms with Crippen LogP contribution in [0.3, 0.4) is 0 Å². The lowest BCUT2D eigenvalue weighted by Gasteiger charge is -2.10. The summed E-state index contributed by atoms with van der Waals surface area (Å²) in [5.41, 5.74) is 1.04. The maximum absolute atomic E-state index is 13.3. The van der Waals surface area contributed by atoms with E-state index < -0.39 is 21.7 Å². The van der Waals surface area contributed by atoms with Crippen molar-refractivity contribution in [3.05, 3.63) is 58.3 Å². The van der Waals surface area contributed by atoms with Crippen LogP contribution in [0.2, 0.25) is 0 Å². The first-order chi connectivity index (χ1) is 13.7. The van der Waals surface area contributed by atoms with Gasteiger partial charge < -0.3 is 10.6 Å². The molecular weight excluding hydrogens is 465 g/mol. The van der Waals surface area contributed by atoms with E-state index in [-0.39, 0.29) is 30.2 Å². The summed E-state index contributed by atoms with van der Waals surface area (Å²) in [6, 6.07) is 10.0. The lowest BCUT2D eigenvalue weighted by Crippen LogP contribution is -2.28. The van der Waals surface area contributed by atoms with Crippen LogP contribution in [0.25, 0.3) is 0 Å². The van der Waals surface area contributed by atoms with Crippen LogP contribution >= 0.6 is 15.9 Å². The van der Waals surface area contributed by atoms with E-state index in [0.29, 0.717) is 22.3 Å². The molecule has 10 heteroatoms. The van der Waals surface area contributed by atoms with Crippen molar-refractivity contribution in [2.45, 2.75) is 19.8 Å². The molecule has 0 radical (unpaired) electrons. The van der Waals surface area contributed by atoms with Gasteiger partial charge >= 0.3 is 0 Å². The van der Waals surface area contributed by atoms with E-state index in [1.54, 1.807) is 31.2 Å². The second-order valence-electron chi connectivity index (χ2n) is 6.18. The van der Waals surface area contributed by atoms with Crippen LogP contribution < -0.4 is 15.4 Å². The summed E-state index contributed by atoms with van der Waals surface area (Å²) >= 11 is 3.18. The topological polar surface area (TPSA) is 104 Å². The van der Waals surface area contributed by atoms with E-state index in [4.69, 9.17) is 0 Å². The van der Waals surface area contributed by atoms with E-state index in [2.05, 4.69) is 31.3 Å². The van der Waals surface area contributed by atoms with Crippen molar-refractivity contribution >= 4 is 49.1 Å². The van der Waals surface area contributed by atoms with Crippen molar-refractivity contribution in [1.29, 1.82) is 0 Å². The van der Waals surface area contributed by atoms with Crippen molar-refractivity contribution in [3.8, 4) is 0 Å². The lowest BCUT2D eigenvalue weighted by atomic mass is 10.2. The quantitative estimate of drug-likeness (QED) is 0.505. The molecule has 0 saturated carbocycles. The summed E-state index contributed by atoms with van der Waals surface area (Å²) < 4.78 is 39.6. The summed E-state index contributed by atoms with van der Waals surface area (Å²) in [6.45, 7) is 1.85. The maximum Gasteiger partial charge on any atom is 0.252 e. The summed E-state index contributed by atoms with van der Waals surface area (Å²) in [4.78, 5) is 24.1. The fourth-order valence-corrected chi connectivity index (χ4v) is 3.96. The highest BCUT2D eigenvalue weighted by Crippen LogP contribution is 2.18. The molecule has 29 heavy (non-hydrogen) atoms. The Kier molecular flexibility index (Phi) is 8.15. The number of carbonyl (C=O) groups is 2. The zero-order valence-electron chi connectivity index (χ0n) is 15.7. The highest BCUT2D eigenvalue weighted by molar-refractivity contribution is 9.10. The third kappa shape index (κ3) is 7.47. The summed E-state index contributed by atoms with van der Waals surface area (Å²) in [5, 5.41) is 5.21. The Morgan fingerprint density at radius 2 is 1.72 bits per heavy atom. The first-order valence-electron chi connectivity index (χ1n) is 8.84. The minimum absolute atomic E-state index is 0.0174. The number of amides is 2. The molecule has 0 unspecified atom stereocenters. The number of hydrogen-bond acceptors (Lipinski definition) is 4. The molecule has 2 rings (SSSR count). The minimum atomic E-state index is -3.37. The molecule has 0 atom stereocenters. The fourth-order valence-electron chi connectivity index (χ4n) is 2.40. The highest BCUT2D eigenvalue weighted by atomic mass is 79.9. The predicted molar refractivity (Wildman–Crippen MR) is 114 cm³/mol. The number of anilines is 2. The second-order valence-corrected chi connectivity index (χ2v) is 8.87. The van der Waals surface area contributed by atoms with Crippen LogP contribution in [0.5, 0.6) is 0 Å². The van der Waals surface area contributed by atoms with Crippen LogP contribution in [0.15, 0.2) is 46.9 Å². The molecule has 2 amide bonds. The molecule has 0 spiro atoms. The van der Waals surface area contributed by atoms with Gasteiger partial charge in [-0.05, 0) is 64.8 Å². The molecule has 7 nitrogen and oxygen atoms in total. The first kappa shape index (κ1) is 22.8. The number of benzene rings is 2. The largest absolute Gasteiger partial charge is 0.351 e. The zero-order valence-corrected chi connectivity index (χ0v) is 18.1. The number of halogens is 2. The van der Waals surface area contributed by atoms with Gasteiger partial charge in [0.2, 0.25) is 15.9 Å². The van der Waals surface area contributed by atoms with E-state index in [1.807, 2.05) is 0 Å². The van der Waals surface area contributed by atoms with Crippen LogP contribution in [0, 0.1) is 5.82 Å². The molecule has 0 aliphatic heterocycles. The van der Waals surface area contributed by atoms with E-state index in [1.165, 1.54) is 12.1 Å². The maximum atomic E-state index is 13.3. The van der Waals surface area contributed by atoms with Gasteiger partial charge in [-0.1, -0.05) is 6.92 Å². The predicted octanol–water partition coefficient (Wildman–Crippen LogP) is 3.50. The molecule has 0 aromatic heterocycles. The summed E-state index contributed by atoms with van der Waals surface area (Å²) in [5.74, 6) is -1.32. The highest BCUT2D eigenvalue weighted by Gasteiger charge is 2.12. The molecule has 0 aliphatic carbocycles. The average Bonchev–Trinajstić information content (AvgIpc) is 2.65. The number of carbonyl (C=O) groups excluding carboxylic acids is 2. The van der Waals surface area contributed by atoms with E-state index >= 15 is 0 Å². The molecule has 0 bridgehead atoms. The second kappa shape index (κ2) is 10.4. The van der Waals surface area contributed by atoms with Crippen molar-refractivity contribution in [2.75, 3.05) is 22.3 Å². The molecule has 156 valence electrons. The molecule has 0 heterocycles. The Bertz CT molecular complexity index is 981. The molecule has 2 aromatic carbocycles. The zero-order chi connectivity index (χ0) is 21.4. The normalized spacial score (nSPS) is 11.0. The van der Waals surface area contributed by atoms with Crippen LogP contribution in [-0.2, 0) is 14.8 Å². The summed E-state index contributed by atoms with van der Waals surface area (Å²) in [6.07, 6.45) is 0.528. The Morgan fingerprint density at radius 3 is 2.38 bits per heavy atom. The third-order valence-corrected chi connectivity index (χ3v) is 5.91. The van der Waals surface area contributed by atoms with Gasteiger partial charge in [0.1, 0.15) is 5.82 Å². The molecule has 0 fully saturated rings. The van der Waals surface area contributed by atoms with E-state index in [0.717, 1.165) is 6.07 Å². The van der Waals surface area contributed by atoms with Gasteiger partial charge in [0.05, 0.1) is 11.3 Å². The van der Waals surface area contributed by atoms with Gasteiger partial charge in [0.25, 0.3) is 5.91 Å². The lowest BCUT2D eigenvalue weighted by molar-refractivity contribution is -0.116. The van der Waals surface area contributed by atoms with Crippen molar-refractivity contribution in [3.63, 3.8) is 0 Å². The van der Waals surface area contributed by atoms with Crippen molar-refractivity contribution in [1.82, 2.24) is 5.32 Å². The van der Waals surface area contributed by atoms with Gasteiger partial charge in [-0.25, -0.2) is 12.8 Å². The minimum Gasteiger partial charge on any atom is -0.351 e. The monoisotopic (exact) mass is 485 g/mol. The van der Waals surface area contributed by atoms with Crippen molar-refractivity contribution in [2.24, 2.45) is 0 Å². The Morgan fingerprint density at radius 1 is 1.07 bits per heavy atom. The standard InChI is InChI=1S/C19H21BrFN3O4S/c1-2-11-29(27,28)24-15-6-4-14(5-7-15)23-18(25)9-10-22-19(26)16-12-13(21)3-8-17(16)20/h3-8,12,24H,2,9-11H2,1H3,(H,22,26)(H,23,25). The number of nitrogens with one attached hydrogen (secondary N) is 3. The van der Waals surface area contributed by atoms with Gasteiger partial charge in [-0.2, -0.15) is 0 Å². The molecule has 0 saturated heterocycles. The molecule has 0 aliphatic rings. The fraction of sp³-hybridized carbons (Fsp3) is 0.263. The molecular formula is C19H21BrFN3O4S. The molecule has 2 aromatic rings. The van der Waals surface area contributed by atoms with Gasteiger partial charge in [-0.15, -0.1) is 0 Å². The average molecular weight is 486 g/mol. The SMILES string of the molecule is CCCS(=O)(=O)Nc1ccc(NC(=O)CCNC(=O)c2cc(F)ccc2Br)cc1. The molecule has 3 N–H and O–H groups in total. The Hall–Kier alpha value is -2.46. The first-order valence-corrected chi connectivity index (χ1v) is 11.3.